The Kier molecular flexibility index (Phi) is 3.62. The fourth-order valence-electron chi connectivity index (χ4n) is 1.53. The number of nitrogen functional groups attached to an aromatic ring is 1. The lowest BCUT2D eigenvalue weighted by atomic mass is 10.2. The molecule has 1 aromatic heterocycles. The topological polar surface area (TPSA) is 59.2 Å². The molecule has 0 aliphatic heterocycles. The second-order valence-corrected chi connectivity index (χ2v) is 4.64. The van der Waals surface area contributed by atoms with E-state index in [0.717, 1.165) is 4.47 Å². The van der Waals surface area contributed by atoms with Crippen molar-refractivity contribution < 1.29 is 4.79 Å². The van der Waals surface area contributed by atoms with Gasteiger partial charge in [0, 0.05) is 29.0 Å². The van der Waals surface area contributed by atoms with E-state index in [0.29, 0.717) is 17.1 Å². The molecule has 0 unspecified atom stereocenters. The summed E-state index contributed by atoms with van der Waals surface area (Å²) in [5, 5.41) is 0. The highest BCUT2D eigenvalue weighted by Crippen LogP contribution is 2.21. The van der Waals surface area contributed by atoms with Gasteiger partial charge in [0.2, 0.25) is 0 Å². The van der Waals surface area contributed by atoms with Crippen molar-refractivity contribution in [3.05, 3.63) is 52.6 Å². The lowest BCUT2D eigenvalue weighted by Gasteiger charge is -2.16. The van der Waals surface area contributed by atoms with Crippen molar-refractivity contribution in [1.82, 2.24) is 4.98 Å². The number of rotatable bonds is 2. The fourth-order valence-corrected chi connectivity index (χ4v) is 1.77. The normalized spacial score (nSPS) is 10.1. The number of nitrogens with zero attached hydrogens (tertiary/aromatic N) is 2. The smallest absolute Gasteiger partial charge is 0.259 e. The standard InChI is InChI=1S/C13H12BrN3O/c1-17(12-4-2-3-7-16-12)13(18)9-5-6-10(14)11(15)8-9/h2-8H,15H2,1H3. The molecule has 1 heterocycles. The van der Waals surface area contributed by atoms with E-state index in [1.165, 1.54) is 4.90 Å². The van der Waals surface area contributed by atoms with Crippen molar-refractivity contribution in [3.8, 4) is 0 Å². The molecule has 92 valence electrons. The zero-order valence-corrected chi connectivity index (χ0v) is 11.4. The number of halogens is 1. The summed E-state index contributed by atoms with van der Waals surface area (Å²) in [6.07, 6.45) is 1.65. The van der Waals surface area contributed by atoms with E-state index < -0.39 is 0 Å². The molecule has 2 aromatic rings. The van der Waals surface area contributed by atoms with Gasteiger partial charge in [-0.15, -0.1) is 0 Å². The van der Waals surface area contributed by atoms with E-state index >= 15 is 0 Å². The third-order valence-electron chi connectivity index (χ3n) is 2.54. The van der Waals surface area contributed by atoms with Crippen LogP contribution in [0.1, 0.15) is 10.4 Å². The number of pyridine rings is 1. The van der Waals surface area contributed by atoms with Gasteiger partial charge >= 0.3 is 0 Å². The molecule has 1 amide bonds. The van der Waals surface area contributed by atoms with Gasteiger partial charge in [0.05, 0.1) is 0 Å². The first-order chi connectivity index (χ1) is 8.59. The number of carbonyl (C=O) groups is 1. The molecular weight excluding hydrogens is 294 g/mol. The van der Waals surface area contributed by atoms with Crippen LogP contribution in [0, 0.1) is 0 Å². The third kappa shape index (κ3) is 2.51. The highest BCUT2D eigenvalue weighted by molar-refractivity contribution is 9.10. The maximum atomic E-state index is 12.2. The Bertz CT molecular complexity index is 572. The van der Waals surface area contributed by atoms with E-state index in [4.69, 9.17) is 5.73 Å². The van der Waals surface area contributed by atoms with Crippen molar-refractivity contribution in [2.24, 2.45) is 0 Å². The number of hydrogen-bond acceptors (Lipinski definition) is 3. The van der Waals surface area contributed by atoms with Crippen LogP contribution >= 0.6 is 15.9 Å². The number of carbonyl (C=O) groups excluding carboxylic acids is 1. The summed E-state index contributed by atoms with van der Waals surface area (Å²) in [6.45, 7) is 0. The van der Waals surface area contributed by atoms with Crippen LogP contribution in [0.15, 0.2) is 47.1 Å². The summed E-state index contributed by atoms with van der Waals surface area (Å²) < 4.78 is 0.777. The van der Waals surface area contributed by atoms with Crippen LogP contribution in [-0.4, -0.2) is 17.9 Å². The van der Waals surface area contributed by atoms with Crippen molar-refractivity contribution in [2.45, 2.75) is 0 Å². The minimum atomic E-state index is -0.145. The molecule has 0 radical (unpaired) electrons. The molecule has 0 spiro atoms. The van der Waals surface area contributed by atoms with E-state index in [1.54, 1.807) is 43.6 Å². The minimum absolute atomic E-state index is 0.145. The largest absolute Gasteiger partial charge is 0.398 e. The van der Waals surface area contributed by atoms with Crippen LogP contribution in [0.25, 0.3) is 0 Å². The third-order valence-corrected chi connectivity index (χ3v) is 3.26. The predicted molar refractivity (Wildman–Crippen MR) is 75.5 cm³/mol. The maximum absolute atomic E-state index is 12.2. The Morgan fingerprint density at radius 2 is 2.11 bits per heavy atom. The first kappa shape index (κ1) is 12.6. The van der Waals surface area contributed by atoms with Gasteiger partial charge in [-0.25, -0.2) is 4.98 Å². The molecule has 5 heteroatoms. The van der Waals surface area contributed by atoms with Crippen LogP contribution < -0.4 is 10.6 Å². The molecule has 0 aliphatic rings. The summed E-state index contributed by atoms with van der Waals surface area (Å²) in [5.74, 6) is 0.455. The van der Waals surface area contributed by atoms with Crippen molar-refractivity contribution in [1.29, 1.82) is 0 Å². The number of benzene rings is 1. The van der Waals surface area contributed by atoms with Gasteiger partial charge in [-0.05, 0) is 46.3 Å². The molecule has 2 N–H and O–H groups in total. The Labute approximate surface area is 114 Å². The molecule has 2 rings (SSSR count). The molecule has 0 aliphatic carbocycles. The molecule has 1 aromatic carbocycles. The van der Waals surface area contributed by atoms with E-state index in [9.17, 15) is 4.79 Å². The summed E-state index contributed by atoms with van der Waals surface area (Å²) in [6, 6.07) is 10.5. The molecule has 0 fully saturated rings. The van der Waals surface area contributed by atoms with E-state index in [1.807, 2.05) is 6.07 Å². The number of anilines is 2. The molecule has 4 nitrogen and oxygen atoms in total. The summed E-state index contributed by atoms with van der Waals surface area (Å²) in [4.78, 5) is 17.8. The van der Waals surface area contributed by atoms with Crippen LogP contribution in [0.4, 0.5) is 11.5 Å². The average molecular weight is 306 g/mol. The van der Waals surface area contributed by atoms with Crippen LogP contribution in [0.3, 0.4) is 0 Å². The Morgan fingerprint density at radius 1 is 1.33 bits per heavy atom. The molecule has 18 heavy (non-hydrogen) atoms. The lowest BCUT2D eigenvalue weighted by molar-refractivity contribution is 0.0992. The van der Waals surface area contributed by atoms with Crippen LogP contribution in [0.2, 0.25) is 0 Å². The maximum Gasteiger partial charge on any atom is 0.259 e. The Hall–Kier alpha value is -1.88. The van der Waals surface area contributed by atoms with Gasteiger partial charge in [-0.2, -0.15) is 0 Å². The van der Waals surface area contributed by atoms with Crippen molar-refractivity contribution >= 4 is 33.3 Å². The van der Waals surface area contributed by atoms with Gasteiger partial charge < -0.3 is 5.73 Å². The predicted octanol–water partition coefficient (Wildman–Crippen LogP) is 2.70. The fraction of sp³-hybridized carbons (Fsp3) is 0.0769. The second kappa shape index (κ2) is 5.18. The second-order valence-electron chi connectivity index (χ2n) is 3.79. The van der Waals surface area contributed by atoms with Crippen LogP contribution in [-0.2, 0) is 0 Å². The number of aromatic nitrogens is 1. The molecule has 0 saturated carbocycles. The SMILES string of the molecule is CN(C(=O)c1ccc(Br)c(N)c1)c1ccccn1. The molecule has 0 atom stereocenters. The molecule has 0 bridgehead atoms. The van der Waals surface area contributed by atoms with Gasteiger partial charge in [0.25, 0.3) is 5.91 Å². The van der Waals surface area contributed by atoms with Gasteiger partial charge in [0.15, 0.2) is 0 Å². The van der Waals surface area contributed by atoms with E-state index in [-0.39, 0.29) is 5.91 Å². The molecular formula is C13H12BrN3O. The average Bonchev–Trinajstić information content (AvgIpc) is 2.41. The minimum Gasteiger partial charge on any atom is -0.398 e. The summed E-state index contributed by atoms with van der Waals surface area (Å²) in [5.41, 5.74) is 6.83. The van der Waals surface area contributed by atoms with Crippen molar-refractivity contribution in [2.75, 3.05) is 17.7 Å². The summed E-state index contributed by atoms with van der Waals surface area (Å²) >= 11 is 3.30. The van der Waals surface area contributed by atoms with Crippen LogP contribution in [0.5, 0.6) is 0 Å². The molecule has 0 saturated heterocycles. The first-order valence-electron chi connectivity index (χ1n) is 5.33. The zero-order chi connectivity index (χ0) is 13.1. The van der Waals surface area contributed by atoms with Crippen molar-refractivity contribution in [3.63, 3.8) is 0 Å². The van der Waals surface area contributed by atoms with Gasteiger partial charge in [-0.1, -0.05) is 6.07 Å². The van der Waals surface area contributed by atoms with Gasteiger partial charge in [0.1, 0.15) is 5.82 Å². The zero-order valence-electron chi connectivity index (χ0n) is 9.80. The Morgan fingerprint density at radius 3 is 2.72 bits per heavy atom. The number of hydrogen-bond donors (Lipinski definition) is 1. The Balaban J connectivity index is 2.29. The van der Waals surface area contributed by atoms with E-state index in [2.05, 4.69) is 20.9 Å². The quantitative estimate of drug-likeness (QED) is 0.868. The highest BCUT2D eigenvalue weighted by atomic mass is 79.9. The monoisotopic (exact) mass is 305 g/mol. The highest BCUT2D eigenvalue weighted by Gasteiger charge is 2.14. The van der Waals surface area contributed by atoms with Gasteiger partial charge in [-0.3, -0.25) is 9.69 Å². The number of amides is 1. The number of nitrogens with two attached hydrogens (primary N) is 1. The first-order valence-corrected chi connectivity index (χ1v) is 6.13. The lowest BCUT2D eigenvalue weighted by Crippen LogP contribution is -2.27. The summed E-state index contributed by atoms with van der Waals surface area (Å²) in [7, 11) is 1.68.